The molecule has 0 aliphatic heterocycles. The average molecular weight is 167 g/mol. The van der Waals surface area contributed by atoms with Gasteiger partial charge in [-0.25, -0.2) is 0 Å². The highest BCUT2D eigenvalue weighted by Crippen LogP contribution is 2.17. The lowest BCUT2D eigenvalue weighted by molar-refractivity contribution is 0.172. The van der Waals surface area contributed by atoms with E-state index in [0.717, 1.165) is 11.1 Å². The number of hydrogen-bond donors (Lipinski definition) is 2. The van der Waals surface area contributed by atoms with Crippen molar-refractivity contribution in [1.82, 2.24) is 4.98 Å². The maximum absolute atomic E-state index is 10.8. The predicted octanol–water partition coefficient (Wildman–Crippen LogP) is 1.13. The van der Waals surface area contributed by atoms with E-state index in [4.69, 9.17) is 0 Å². The van der Waals surface area contributed by atoms with Crippen molar-refractivity contribution in [1.29, 1.82) is 0 Å². The third-order valence-electron chi connectivity index (χ3n) is 1.92. The molecular weight excluding hydrogens is 154 g/mol. The Labute approximate surface area is 71.1 Å². The standard InChI is InChI=1S/C9H13NO2/c1-3-8(11)7-5-10-9(12)4-6(7)2/h4-5,8,11H,3H2,1-2H3,(H,10,12)/t8-/m1/s1. The van der Waals surface area contributed by atoms with Crippen molar-refractivity contribution in [2.45, 2.75) is 26.4 Å². The highest BCUT2D eigenvalue weighted by Gasteiger charge is 2.07. The minimum absolute atomic E-state index is 0.125. The normalized spacial score (nSPS) is 12.9. The van der Waals surface area contributed by atoms with Gasteiger partial charge in [0.25, 0.3) is 0 Å². The molecule has 0 aromatic carbocycles. The fraction of sp³-hybridized carbons (Fsp3) is 0.444. The van der Waals surface area contributed by atoms with Crippen LogP contribution in [0.1, 0.15) is 30.6 Å². The maximum atomic E-state index is 10.8. The summed E-state index contributed by atoms with van der Waals surface area (Å²) in [6.45, 7) is 3.72. The van der Waals surface area contributed by atoms with Gasteiger partial charge in [-0.15, -0.1) is 0 Å². The van der Waals surface area contributed by atoms with Crippen LogP contribution >= 0.6 is 0 Å². The van der Waals surface area contributed by atoms with Crippen molar-refractivity contribution in [2.24, 2.45) is 0 Å². The third-order valence-corrected chi connectivity index (χ3v) is 1.92. The Hall–Kier alpha value is -1.09. The molecule has 3 nitrogen and oxygen atoms in total. The van der Waals surface area contributed by atoms with Gasteiger partial charge in [0, 0.05) is 12.3 Å². The molecule has 0 bridgehead atoms. The van der Waals surface area contributed by atoms with Gasteiger partial charge in [-0.05, 0) is 24.5 Å². The molecule has 0 amide bonds. The number of pyridine rings is 1. The van der Waals surface area contributed by atoms with E-state index >= 15 is 0 Å². The fourth-order valence-corrected chi connectivity index (χ4v) is 1.16. The Morgan fingerprint density at radius 2 is 2.33 bits per heavy atom. The number of nitrogens with one attached hydrogen (secondary N) is 1. The Balaban J connectivity index is 3.09. The van der Waals surface area contributed by atoms with Crippen molar-refractivity contribution in [3.63, 3.8) is 0 Å². The van der Waals surface area contributed by atoms with Crippen molar-refractivity contribution in [3.8, 4) is 0 Å². The van der Waals surface area contributed by atoms with Gasteiger partial charge >= 0.3 is 0 Å². The third kappa shape index (κ3) is 1.74. The Morgan fingerprint density at radius 3 is 2.83 bits per heavy atom. The average Bonchev–Trinajstić information content (AvgIpc) is 2.03. The minimum atomic E-state index is -0.471. The fourth-order valence-electron chi connectivity index (χ4n) is 1.16. The number of hydrogen-bond acceptors (Lipinski definition) is 2. The summed E-state index contributed by atoms with van der Waals surface area (Å²) in [7, 11) is 0. The van der Waals surface area contributed by atoms with E-state index in [1.807, 2.05) is 13.8 Å². The molecule has 1 aromatic heterocycles. The molecule has 2 N–H and O–H groups in total. The van der Waals surface area contributed by atoms with E-state index in [1.54, 1.807) is 6.20 Å². The summed E-state index contributed by atoms with van der Waals surface area (Å²) in [5, 5.41) is 9.48. The summed E-state index contributed by atoms with van der Waals surface area (Å²) in [5.41, 5.74) is 1.52. The summed E-state index contributed by atoms with van der Waals surface area (Å²) in [4.78, 5) is 13.4. The van der Waals surface area contributed by atoms with Gasteiger partial charge < -0.3 is 10.1 Å². The van der Waals surface area contributed by atoms with Crippen LogP contribution in [0.15, 0.2) is 17.1 Å². The molecule has 0 unspecified atom stereocenters. The highest BCUT2D eigenvalue weighted by molar-refractivity contribution is 5.23. The molecule has 1 heterocycles. The zero-order valence-electron chi connectivity index (χ0n) is 7.29. The molecule has 0 radical (unpaired) electrons. The number of aryl methyl sites for hydroxylation is 1. The number of aliphatic hydroxyl groups excluding tert-OH is 1. The molecule has 0 aliphatic carbocycles. The molecule has 0 saturated carbocycles. The largest absolute Gasteiger partial charge is 0.388 e. The first-order chi connectivity index (χ1) is 5.65. The topological polar surface area (TPSA) is 53.1 Å². The van der Waals surface area contributed by atoms with E-state index in [-0.39, 0.29) is 5.56 Å². The number of aromatic nitrogens is 1. The van der Waals surface area contributed by atoms with E-state index in [9.17, 15) is 9.90 Å². The SMILES string of the molecule is CC[C@@H](O)c1c[nH]c(=O)cc1C. The molecule has 0 fully saturated rings. The number of rotatable bonds is 2. The number of aromatic amines is 1. The van der Waals surface area contributed by atoms with Gasteiger partial charge in [-0.2, -0.15) is 0 Å². The van der Waals surface area contributed by atoms with Crippen molar-refractivity contribution >= 4 is 0 Å². The first kappa shape index (κ1) is 9.00. The van der Waals surface area contributed by atoms with Gasteiger partial charge in [0.15, 0.2) is 0 Å². The van der Waals surface area contributed by atoms with Crippen LogP contribution in [0, 0.1) is 6.92 Å². The molecule has 1 aromatic rings. The first-order valence-corrected chi connectivity index (χ1v) is 4.02. The maximum Gasteiger partial charge on any atom is 0.248 e. The molecule has 0 spiro atoms. The molecule has 66 valence electrons. The van der Waals surface area contributed by atoms with Gasteiger partial charge in [0.05, 0.1) is 6.10 Å². The highest BCUT2D eigenvalue weighted by atomic mass is 16.3. The molecule has 1 atom stereocenters. The molecular formula is C9H13NO2. The summed E-state index contributed by atoms with van der Waals surface area (Å²) >= 11 is 0. The zero-order valence-corrected chi connectivity index (χ0v) is 7.29. The van der Waals surface area contributed by atoms with Gasteiger partial charge in [-0.1, -0.05) is 6.92 Å². The van der Waals surface area contributed by atoms with Crippen molar-refractivity contribution in [2.75, 3.05) is 0 Å². The minimum Gasteiger partial charge on any atom is -0.388 e. The quantitative estimate of drug-likeness (QED) is 0.693. The molecule has 0 saturated heterocycles. The summed E-state index contributed by atoms with van der Waals surface area (Å²) in [6, 6.07) is 1.49. The Morgan fingerprint density at radius 1 is 1.67 bits per heavy atom. The van der Waals surface area contributed by atoms with Crippen LogP contribution in [-0.4, -0.2) is 10.1 Å². The summed E-state index contributed by atoms with van der Waals surface area (Å²) in [5.74, 6) is 0. The zero-order chi connectivity index (χ0) is 9.14. The molecule has 3 heteroatoms. The van der Waals surface area contributed by atoms with E-state index in [2.05, 4.69) is 4.98 Å². The second-order valence-electron chi connectivity index (χ2n) is 2.86. The lowest BCUT2D eigenvalue weighted by atomic mass is 10.1. The van der Waals surface area contributed by atoms with Crippen molar-refractivity contribution in [3.05, 3.63) is 33.7 Å². The second-order valence-corrected chi connectivity index (χ2v) is 2.86. The monoisotopic (exact) mass is 167 g/mol. The Kier molecular flexibility index (Phi) is 2.65. The molecule has 1 rings (SSSR count). The van der Waals surface area contributed by atoms with E-state index in [0.29, 0.717) is 6.42 Å². The van der Waals surface area contributed by atoms with Crippen LogP contribution in [0.4, 0.5) is 0 Å². The molecule has 0 aliphatic rings. The van der Waals surface area contributed by atoms with E-state index in [1.165, 1.54) is 6.07 Å². The van der Waals surface area contributed by atoms with Gasteiger partial charge in [0.1, 0.15) is 0 Å². The second kappa shape index (κ2) is 3.54. The predicted molar refractivity (Wildman–Crippen MR) is 47.1 cm³/mol. The number of aliphatic hydroxyl groups is 1. The van der Waals surface area contributed by atoms with Gasteiger partial charge in [0.2, 0.25) is 5.56 Å². The van der Waals surface area contributed by atoms with Crippen LogP contribution in [0.25, 0.3) is 0 Å². The number of H-pyrrole nitrogens is 1. The molecule has 12 heavy (non-hydrogen) atoms. The van der Waals surface area contributed by atoms with Crippen LogP contribution < -0.4 is 5.56 Å². The summed E-state index contributed by atoms with van der Waals surface area (Å²) < 4.78 is 0. The first-order valence-electron chi connectivity index (χ1n) is 4.02. The van der Waals surface area contributed by atoms with Crippen LogP contribution in [0.2, 0.25) is 0 Å². The smallest absolute Gasteiger partial charge is 0.248 e. The lowest BCUT2D eigenvalue weighted by Crippen LogP contribution is -2.08. The van der Waals surface area contributed by atoms with Crippen LogP contribution in [-0.2, 0) is 0 Å². The summed E-state index contributed by atoms with van der Waals surface area (Å²) in [6.07, 6.45) is 1.76. The van der Waals surface area contributed by atoms with Crippen molar-refractivity contribution < 1.29 is 5.11 Å². The van der Waals surface area contributed by atoms with Crippen LogP contribution in [0.3, 0.4) is 0 Å². The van der Waals surface area contributed by atoms with Crippen LogP contribution in [0.5, 0.6) is 0 Å². The Bertz CT molecular complexity index is 317. The van der Waals surface area contributed by atoms with Gasteiger partial charge in [-0.3, -0.25) is 4.79 Å². The van der Waals surface area contributed by atoms with E-state index < -0.39 is 6.10 Å². The lowest BCUT2D eigenvalue weighted by Gasteiger charge is -2.09.